The second-order valence-electron chi connectivity index (χ2n) is 3.23. The van der Waals surface area contributed by atoms with Gasteiger partial charge in [-0.1, -0.05) is 12.1 Å². The highest BCUT2D eigenvalue weighted by Crippen LogP contribution is 2.13. The third-order valence-corrected chi connectivity index (χ3v) is 2.05. The molecule has 76 valence electrons. The van der Waals surface area contributed by atoms with E-state index in [4.69, 9.17) is 5.73 Å². The summed E-state index contributed by atoms with van der Waals surface area (Å²) in [4.78, 5) is 6.04. The molecule has 0 unspecified atom stereocenters. The largest absolute Gasteiger partial charge is 0.370 e. The number of aryl methyl sites for hydroxylation is 1. The summed E-state index contributed by atoms with van der Waals surface area (Å²) in [5.74, 6) is 0.554. The summed E-state index contributed by atoms with van der Waals surface area (Å²) < 4.78 is 0. The first-order chi connectivity index (χ1) is 6.65. The van der Waals surface area contributed by atoms with Crippen molar-refractivity contribution in [2.24, 2.45) is 10.7 Å². The molecule has 1 aromatic carbocycles. The second kappa shape index (κ2) is 4.65. The van der Waals surface area contributed by atoms with Crippen LogP contribution in [0.3, 0.4) is 0 Å². The summed E-state index contributed by atoms with van der Waals surface area (Å²) in [6, 6.07) is 8.17. The third-order valence-electron chi connectivity index (χ3n) is 2.05. The van der Waals surface area contributed by atoms with Crippen molar-refractivity contribution in [2.75, 3.05) is 18.5 Å². The van der Waals surface area contributed by atoms with Gasteiger partial charge in [0, 0.05) is 19.3 Å². The quantitative estimate of drug-likeness (QED) is 0.571. The molecule has 0 amide bonds. The Kier molecular flexibility index (Phi) is 3.51. The number of hydrogen-bond donors (Lipinski definition) is 1. The Hall–Kier alpha value is -1.51. The second-order valence-corrected chi connectivity index (χ2v) is 3.23. The highest BCUT2D eigenvalue weighted by Gasteiger charge is 2.03. The summed E-state index contributed by atoms with van der Waals surface area (Å²) >= 11 is 0. The van der Waals surface area contributed by atoms with Crippen molar-refractivity contribution in [3.05, 3.63) is 29.8 Å². The van der Waals surface area contributed by atoms with E-state index >= 15 is 0 Å². The summed E-state index contributed by atoms with van der Waals surface area (Å²) in [6.45, 7) is 4.74. The molecule has 0 saturated carbocycles. The van der Waals surface area contributed by atoms with Crippen molar-refractivity contribution >= 4 is 11.6 Å². The molecule has 0 radical (unpaired) electrons. The van der Waals surface area contributed by atoms with Crippen molar-refractivity contribution in [3.63, 3.8) is 0 Å². The number of hydrogen-bond acceptors (Lipinski definition) is 1. The van der Waals surface area contributed by atoms with E-state index in [1.807, 2.05) is 31.0 Å². The standard InChI is InChI=1S/C11H17N3/c1-4-13-11(12)14(3)10-7-5-6-9(2)8-10/h5-8H,4H2,1-3H3,(H2,12,13). The van der Waals surface area contributed by atoms with Gasteiger partial charge in [-0.15, -0.1) is 0 Å². The summed E-state index contributed by atoms with van der Waals surface area (Å²) in [5.41, 5.74) is 8.08. The van der Waals surface area contributed by atoms with Crippen molar-refractivity contribution < 1.29 is 0 Å². The van der Waals surface area contributed by atoms with E-state index in [1.54, 1.807) is 0 Å². The molecular formula is C11H17N3. The van der Waals surface area contributed by atoms with Gasteiger partial charge in [0.1, 0.15) is 0 Å². The molecule has 2 N–H and O–H groups in total. The Bertz CT molecular complexity index is 331. The van der Waals surface area contributed by atoms with Gasteiger partial charge in [-0.2, -0.15) is 0 Å². The molecule has 0 aromatic heterocycles. The Balaban J connectivity index is 2.89. The van der Waals surface area contributed by atoms with E-state index in [-0.39, 0.29) is 0 Å². The highest BCUT2D eigenvalue weighted by atomic mass is 15.2. The predicted octanol–water partition coefficient (Wildman–Crippen LogP) is 1.77. The molecule has 0 bridgehead atoms. The first-order valence-electron chi connectivity index (χ1n) is 4.75. The topological polar surface area (TPSA) is 41.6 Å². The van der Waals surface area contributed by atoms with Gasteiger partial charge >= 0.3 is 0 Å². The van der Waals surface area contributed by atoms with Gasteiger partial charge in [0.25, 0.3) is 0 Å². The van der Waals surface area contributed by atoms with Crippen LogP contribution in [0.2, 0.25) is 0 Å². The highest BCUT2D eigenvalue weighted by molar-refractivity contribution is 5.94. The Labute approximate surface area is 85.3 Å². The van der Waals surface area contributed by atoms with Gasteiger partial charge in [0.15, 0.2) is 5.96 Å². The molecule has 0 fully saturated rings. The lowest BCUT2D eigenvalue weighted by Crippen LogP contribution is -2.34. The average molecular weight is 191 g/mol. The van der Waals surface area contributed by atoms with Crippen LogP contribution in [-0.2, 0) is 0 Å². The predicted molar refractivity (Wildman–Crippen MR) is 61.7 cm³/mol. The Morgan fingerprint density at radius 3 is 2.79 bits per heavy atom. The fraction of sp³-hybridized carbons (Fsp3) is 0.364. The SMILES string of the molecule is CCN=C(N)N(C)c1cccc(C)c1. The number of guanidine groups is 1. The fourth-order valence-electron chi connectivity index (χ4n) is 1.24. The van der Waals surface area contributed by atoms with Crippen molar-refractivity contribution in [3.8, 4) is 0 Å². The zero-order valence-electron chi connectivity index (χ0n) is 8.99. The lowest BCUT2D eigenvalue weighted by atomic mass is 10.2. The number of rotatable bonds is 2. The number of nitrogens with two attached hydrogens (primary N) is 1. The first kappa shape index (κ1) is 10.6. The molecule has 0 spiro atoms. The molecule has 0 saturated heterocycles. The smallest absolute Gasteiger partial charge is 0.195 e. The van der Waals surface area contributed by atoms with Gasteiger partial charge in [0.05, 0.1) is 0 Å². The van der Waals surface area contributed by atoms with Gasteiger partial charge in [-0.25, -0.2) is 0 Å². The van der Waals surface area contributed by atoms with E-state index in [2.05, 4.69) is 24.0 Å². The summed E-state index contributed by atoms with van der Waals surface area (Å²) in [7, 11) is 1.92. The molecule has 0 aliphatic carbocycles. The molecule has 3 nitrogen and oxygen atoms in total. The number of anilines is 1. The normalized spacial score (nSPS) is 11.5. The van der Waals surface area contributed by atoms with Crippen molar-refractivity contribution in [1.29, 1.82) is 0 Å². The molecule has 0 aliphatic rings. The van der Waals surface area contributed by atoms with Gasteiger partial charge in [0.2, 0.25) is 0 Å². The fourth-order valence-corrected chi connectivity index (χ4v) is 1.24. The molecule has 14 heavy (non-hydrogen) atoms. The number of nitrogens with zero attached hydrogens (tertiary/aromatic N) is 2. The van der Waals surface area contributed by atoms with Crippen LogP contribution in [0.4, 0.5) is 5.69 Å². The average Bonchev–Trinajstić information content (AvgIpc) is 2.17. The third kappa shape index (κ3) is 2.49. The van der Waals surface area contributed by atoms with Crippen LogP contribution in [0.25, 0.3) is 0 Å². The zero-order valence-corrected chi connectivity index (χ0v) is 8.99. The van der Waals surface area contributed by atoms with Crippen LogP contribution in [0.5, 0.6) is 0 Å². The first-order valence-corrected chi connectivity index (χ1v) is 4.75. The summed E-state index contributed by atoms with van der Waals surface area (Å²) in [5, 5.41) is 0. The van der Waals surface area contributed by atoms with Crippen LogP contribution >= 0.6 is 0 Å². The summed E-state index contributed by atoms with van der Waals surface area (Å²) in [6.07, 6.45) is 0. The van der Waals surface area contributed by atoms with Crippen molar-refractivity contribution in [1.82, 2.24) is 0 Å². The van der Waals surface area contributed by atoms with Crippen LogP contribution in [0.1, 0.15) is 12.5 Å². The monoisotopic (exact) mass is 191 g/mol. The maximum Gasteiger partial charge on any atom is 0.195 e. The van der Waals surface area contributed by atoms with Crippen LogP contribution in [0, 0.1) is 6.92 Å². The minimum absolute atomic E-state index is 0.554. The van der Waals surface area contributed by atoms with Crippen LogP contribution in [-0.4, -0.2) is 19.6 Å². The maximum absolute atomic E-state index is 5.79. The van der Waals surface area contributed by atoms with E-state index in [1.165, 1.54) is 5.56 Å². The molecule has 0 aliphatic heterocycles. The minimum atomic E-state index is 0.554. The van der Waals surface area contributed by atoms with Gasteiger partial charge < -0.3 is 10.6 Å². The Morgan fingerprint density at radius 1 is 1.50 bits per heavy atom. The molecule has 0 atom stereocenters. The maximum atomic E-state index is 5.79. The molecule has 3 heteroatoms. The number of aliphatic imine (C=N–C) groups is 1. The lowest BCUT2D eigenvalue weighted by Gasteiger charge is -2.18. The van der Waals surface area contributed by atoms with E-state index < -0.39 is 0 Å². The van der Waals surface area contributed by atoms with E-state index in [0.29, 0.717) is 12.5 Å². The van der Waals surface area contributed by atoms with Crippen LogP contribution < -0.4 is 10.6 Å². The molecule has 1 aromatic rings. The van der Waals surface area contributed by atoms with Gasteiger partial charge in [-0.05, 0) is 31.5 Å². The zero-order chi connectivity index (χ0) is 10.6. The molecule has 1 rings (SSSR count). The Morgan fingerprint density at radius 2 is 2.21 bits per heavy atom. The van der Waals surface area contributed by atoms with Crippen LogP contribution in [0.15, 0.2) is 29.3 Å². The van der Waals surface area contributed by atoms with E-state index in [9.17, 15) is 0 Å². The molecular weight excluding hydrogens is 174 g/mol. The minimum Gasteiger partial charge on any atom is -0.370 e. The van der Waals surface area contributed by atoms with E-state index in [0.717, 1.165) is 5.69 Å². The lowest BCUT2D eigenvalue weighted by molar-refractivity contribution is 1.08. The van der Waals surface area contributed by atoms with Crippen molar-refractivity contribution in [2.45, 2.75) is 13.8 Å². The number of benzene rings is 1. The van der Waals surface area contributed by atoms with Gasteiger partial charge in [-0.3, -0.25) is 4.99 Å². The molecule has 0 heterocycles.